The van der Waals surface area contributed by atoms with E-state index in [2.05, 4.69) is 9.73 Å². The molecule has 1 rings (SSSR count). The molecule has 0 atom stereocenters. The Kier molecular flexibility index (Phi) is 4.49. The predicted molar refractivity (Wildman–Crippen MR) is 61.0 cm³/mol. The van der Waals surface area contributed by atoms with E-state index in [0.29, 0.717) is 22.9 Å². The Morgan fingerprint density at radius 3 is 3.06 bits per heavy atom. The molecule has 0 heterocycles. The average Bonchev–Trinajstić information content (AvgIpc) is 2.28. The van der Waals surface area contributed by atoms with Crippen LogP contribution in [0.4, 0.5) is 5.69 Å². The van der Waals surface area contributed by atoms with Gasteiger partial charge in [-0.05, 0) is 25.1 Å². The van der Waals surface area contributed by atoms with Crippen molar-refractivity contribution in [2.45, 2.75) is 6.92 Å². The van der Waals surface area contributed by atoms with E-state index in [1.165, 1.54) is 6.07 Å². The van der Waals surface area contributed by atoms with Crippen LogP contribution in [0.3, 0.4) is 0 Å². The predicted octanol–water partition coefficient (Wildman–Crippen LogP) is 2.48. The lowest BCUT2D eigenvalue weighted by Gasteiger charge is -1.97. The summed E-state index contributed by atoms with van der Waals surface area (Å²) in [6.07, 6.45) is 1.06. The van der Waals surface area contributed by atoms with Gasteiger partial charge in [0.15, 0.2) is 0 Å². The first kappa shape index (κ1) is 12.2. The Labute approximate surface area is 98.1 Å². The minimum Gasteiger partial charge on any atom is -0.462 e. The van der Waals surface area contributed by atoms with Gasteiger partial charge in [0.2, 0.25) is 0 Å². The first-order valence-corrected chi connectivity index (χ1v) is 4.95. The highest BCUT2D eigenvalue weighted by Gasteiger charge is 2.00. The van der Waals surface area contributed by atoms with Gasteiger partial charge in [0.05, 0.1) is 22.9 Å². The fourth-order valence-electron chi connectivity index (χ4n) is 0.986. The standard InChI is InChI=1S/C11H9ClN2O2/c1-2-16-11(15)7-14-9-3-4-10(12)8(5-9)6-13/h3-5,7H,2H2,1H3/b14-7+. The summed E-state index contributed by atoms with van der Waals surface area (Å²) < 4.78 is 4.66. The Bertz CT molecular complexity index is 464. The van der Waals surface area contributed by atoms with E-state index >= 15 is 0 Å². The van der Waals surface area contributed by atoms with Gasteiger partial charge in [0, 0.05) is 0 Å². The quantitative estimate of drug-likeness (QED) is 0.598. The van der Waals surface area contributed by atoms with Crippen molar-refractivity contribution < 1.29 is 9.53 Å². The lowest BCUT2D eigenvalue weighted by molar-refractivity contribution is -0.134. The van der Waals surface area contributed by atoms with Crippen LogP contribution in [0.2, 0.25) is 5.02 Å². The molecule has 0 amide bonds. The molecule has 0 aliphatic rings. The molecule has 0 saturated carbocycles. The van der Waals surface area contributed by atoms with E-state index in [9.17, 15) is 4.79 Å². The minimum atomic E-state index is -0.518. The number of hydrogen-bond donors (Lipinski definition) is 0. The molecule has 0 N–H and O–H groups in total. The van der Waals surface area contributed by atoms with E-state index in [4.69, 9.17) is 16.9 Å². The second-order valence-electron chi connectivity index (χ2n) is 2.79. The number of halogens is 1. The molecule has 5 heteroatoms. The van der Waals surface area contributed by atoms with Crippen molar-refractivity contribution in [3.63, 3.8) is 0 Å². The van der Waals surface area contributed by atoms with Gasteiger partial charge in [0.25, 0.3) is 0 Å². The number of esters is 1. The zero-order valence-corrected chi connectivity index (χ0v) is 9.36. The molecule has 0 aliphatic heterocycles. The second-order valence-corrected chi connectivity index (χ2v) is 3.19. The van der Waals surface area contributed by atoms with Gasteiger partial charge in [-0.2, -0.15) is 5.26 Å². The highest BCUT2D eigenvalue weighted by molar-refractivity contribution is 6.31. The number of aliphatic imine (C=N–C) groups is 1. The fraction of sp³-hybridized carbons (Fsp3) is 0.182. The van der Waals surface area contributed by atoms with Gasteiger partial charge < -0.3 is 4.74 Å². The van der Waals surface area contributed by atoms with Gasteiger partial charge >= 0.3 is 5.97 Å². The average molecular weight is 237 g/mol. The van der Waals surface area contributed by atoms with Crippen molar-refractivity contribution in [3.8, 4) is 6.07 Å². The molecule has 0 unspecified atom stereocenters. The topological polar surface area (TPSA) is 62.4 Å². The summed E-state index contributed by atoms with van der Waals surface area (Å²) in [7, 11) is 0. The smallest absolute Gasteiger partial charge is 0.349 e. The molecule has 0 saturated heterocycles. The molecule has 16 heavy (non-hydrogen) atoms. The van der Waals surface area contributed by atoms with Crippen LogP contribution < -0.4 is 0 Å². The zero-order valence-electron chi connectivity index (χ0n) is 8.61. The molecular formula is C11H9ClN2O2. The summed E-state index contributed by atoms with van der Waals surface area (Å²) >= 11 is 5.74. The second kappa shape index (κ2) is 5.89. The van der Waals surface area contributed by atoms with Crippen molar-refractivity contribution >= 4 is 29.5 Å². The molecular weight excluding hydrogens is 228 g/mol. The van der Waals surface area contributed by atoms with Crippen molar-refractivity contribution in [1.82, 2.24) is 0 Å². The minimum absolute atomic E-state index is 0.301. The summed E-state index contributed by atoms with van der Waals surface area (Å²) in [6.45, 7) is 2.01. The van der Waals surface area contributed by atoms with E-state index in [1.807, 2.05) is 6.07 Å². The molecule has 1 aromatic rings. The van der Waals surface area contributed by atoms with Crippen LogP contribution in [-0.4, -0.2) is 18.8 Å². The molecule has 0 spiro atoms. The number of benzene rings is 1. The van der Waals surface area contributed by atoms with Crippen LogP contribution >= 0.6 is 11.6 Å². The normalized spacial score (nSPS) is 10.1. The largest absolute Gasteiger partial charge is 0.462 e. The lowest BCUT2D eigenvalue weighted by atomic mass is 10.2. The summed E-state index contributed by atoms with van der Waals surface area (Å²) in [4.78, 5) is 14.8. The van der Waals surface area contributed by atoms with Crippen LogP contribution in [0.15, 0.2) is 23.2 Å². The van der Waals surface area contributed by atoms with Crippen molar-refractivity contribution in [2.75, 3.05) is 6.61 Å². The number of nitrogens with zero attached hydrogens (tertiary/aromatic N) is 2. The number of ether oxygens (including phenoxy) is 1. The molecule has 0 bridgehead atoms. The van der Waals surface area contributed by atoms with Crippen LogP contribution in [0.25, 0.3) is 0 Å². The molecule has 0 aliphatic carbocycles. The third-order valence-electron chi connectivity index (χ3n) is 1.68. The maximum atomic E-state index is 11.0. The maximum Gasteiger partial charge on any atom is 0.349 e. The van der Waals surface area contributed by atoms with Gasteiger partial charge in [-0.25, -0.2) is 9.79 Å². The van der Waals surface area contributed by atoms with E-state index in [0.717, 1.165) is 6.21 Å². The van der Waals surface area contributed by atoms with Crippen LogP contribution in [0, 0.1) is 11.3 Å². The Hall–Kier alpha value is -1.86. The third kappa shape index (κ3) is 3.37. The zero-order chi connectivity index (χ0) is 12.0. The first-order valence-electron chi connectivity index (χ1n) is 4.58. The van der Waals surface area contributed by atoms with Crippen molar-refractivity contribution in [3.05, 3.63) is 28.8 Å². The van der Waals surface area contributed by atoms with Gasteiger partial charge in [-0.1, -0.05) is 11.6 Å². The molecule has 0 aromatic heterocycles. The van der Waals surface area contributed by atoms with Crippen molar-refractivity contribution in [2.24, 2.45) is 4.99 Å². The number of carbonyl (C=O) groups is 1. The molecule has 4 nitrogen and oxygen atoms in total. The molecule has 0 fully saturated rings. The van der Waals surface area contributed by atoms with Crippen LogP contribution in [0.1, 0.15) is 12.5 Å². The van der Waals surface area contributed by atoms with Gasteiger partial charge in [-0.3, -0.25) is 0 Å². The number of hydrogen-bond acceptors (Lipinski definition) is 4. The fourth-order valence-corrected chi connectivity index (χ4v) is 1.15. The number of rotatable bonds is 3. The highest BCUT2D eigenvalue weighted by atomic mass is 35.5. The third-order valence-corrected chi connectivity index (χ3v) is 2.01. The Morgan fingerprint density at radius 1 is 1.69 bits per heavy atom. The monoisotopic (exact) mass is 236 g/mol. The molecule has 1 aromatic carbocycles. The summed E-state index contributed by atoms with van der Waals surface area (Å²) in [5.74, 6) is -0.518. The van der Waals surface area contributed by atoms with E-state index in [1.54, 1.807) is 19.1 Å². The lowest BCUT2D eigenvalue weighted by Crippen LogP contribution is -2.04. The summed E-state index contributed by atoms with van der Waals surface area (Å²) in [6, 6.07) is 6.59. The summed E-state index contributed by atoms with van der Waals surface area (Å²) in [5.41, 5.74) is 0.800. The number of carbonyl (C=O) groups excluding carboxylic acids is 1. The highest BCUT2D eigenvalue weighted by Crippen LogP contribution is 2.21. The Morgan fingerprint density at radius 2 is 2.44 bits per heavy atom. The van der Waals surface area contributed by atoms with Gasteiger partial charge in [-0.15, -0.1) is 0 Å². The first-order chi connectivity index (χ1) is 7.67. The molecule has 0 radical (unpaired) electrons. The summed E-state index contributed by atoms with van der Waals surface area (Å²) in [5, 5.41) is 9.09. The van der Waals surface area contributed by atoms with Crippen LogP contribution in [-0.2, 0) is 9.53 Å². The SMILES string of the molecule is CCOC(=O)/C=N/c1ccc(Cl)c(C#N)c1. The van der Waals surface area contributed by atoms with Crippen LogP contribution in [0.5, 0.6) is 0 Å². The van der Waals surface area contributed by atoms with Crippen molar-refractivity contribution in [1.29, 1.82) is 5.26 Å². The van der Waals surface area contributed by atoms with Gasteiger partial charge in [0.1, 0.15) is 12.3 Å². The van der Waals surface area contributed by atoms with E-state index < -0.39 is 5.97 Å². The Balaban J connectivity index is 2.83. The maximum absolute atomic E-state index is 11.0. The number of nitriles is 1. The molecule has 82 valence electrons. The van der Waals surface area contributed by atoms with E-state index in [-0.39, 0.29) is 0 Å².